The standard InChI is InChI=1S/C14H18BrN3O2/c1-5-18(6-2)13(19)10(9-16)7-11-8-12(15)14(20-11)17(3)4/h7-8H,5-6H2,1-4H3/b10-7-. The van der Waals surface area contributed by atoms with Crippen molar-refractivity contribution in [2.24, 2.45) is 0 Å². The van der Waals surface area contributed by atoms with Gasteiger partial charge in [-0.25, -0.2) is 0 Å². The van der Waals surface area contributed by atoms with Crippen molar-refractivity contribution in [1.82, 2.24) is 4.90 Å². The maximum Gasteiger partial charge on any atom is 0.264 e. The van der Waals surface area contributed by atoms with E-state index in [2.05, 4.69) is 15.9 Å². The van der Waals surface area contributed by atoms with E-state index in [9.17, 15) is 4.79 Å². The van der Waals surface area contributed by atoms with E-state index in [1.165, 1.54) is 6.08 Å². The molecule has 0 bridgehead atoms. The van der Waals surface area contributed by atoms with Crippen LogP contribution in [0.4, 0.5) is 5.88 Å². The Morgan fingerprint density at radius 3 is 2.45 bits per heavy atom. The minimum Gasteiger partial charge on any atom is -0.440 e. The van der Waals surface area contributed by atoms with E-state index in [4.69, 9.17) is 9.68 Å². The van der Waals surface area contributed by atoms with Crippen LogP contribution in [0, 0.1) is 11.3 Å². The number of furan rings is 1. The molecule has 0 saturated carbocycles. The average molecular weight is 340 g/mol. The maximum atomic E-state index is 12.1. The second kappa shape index (κ2) is 7.15. The summed E-state index contributed by atoms with van der Waals surface area (Å²) in [4.78, 5) is 15.5. The van der Waals surface area contributed by atoms with Gasteiger partial charge in [0, 0.05) is 39.3 Å². The minimum atomic E-state index is -0.281. The van der Waals surface area contributed by atoms with Crippen LogP contribution in [-0.4, -0.2) is 38.0 Å². The lowest BCUT2D eigenvalue weighted by molar-refractivity contribution is -0.126. The predicted molar refractivity (Wildman–Crippen MR) is 82.3 cm³/mol. The lowest BCUT2D eigenvalue weighted by Gasteiger charge is -2.17. The molecule has 0 aromatic carbocycles. The van der Waals surface area contributed by atoms with Crippen molar-refractivity contribution in [3.05, 3.63) is 21.9 Å². The lowest BCUT2D eigenvalue weighted by atomic mass is 10.2. The average Bonchev–Trinajstić information content (AvgIpc) is 2.78. The molecule has 1 aromatic rings. The van der Waals surface area contributed by atoms with Gasteiger partial charge >= 0.3 is 0 Å². The first-order valence-corrected chi connectivity index (χ1v) is 7.11. The fraction of sp³-hybridized carbons (Fsp3) is 0.429. The molecule has 108 valence electrons. The highest BCUT2D eigenvalue weighted by molar-refractivity contribution is 9.10. The van der Waals surface area contributed by atoms with Crippen molar-refractivity contribution in [2.75, 3.05) is 32.1 Å². The normalized spacial score (nSPS) is 11.1. The molecule has 0 N–H and O–H groups in total. The molecule has 1 aromatic heterocycles. The molecule has 1 amide bonds. The second-order valence-corrected chi connectivity index (χ2v) is 5.20. The zero-order chi connectivity index (χ0) is 15.3. The number of carbonyl (C=O) groups is 1. The Balaban J connectivity index is 3.10. The van der Waals surface area contributed by atoms with Crippen LogP contribution in [0.25, 0.3) is 6.08 Å². The molecule has 1 heterocycles. The molecule has 0 fully saturated rings. The highest BCUT2D eigenvalue weighted by atomic mass is 79.9. The van der Waals surface area contributed by atoms with E-state index >= 15 is 0 Å². The zero-order valence-electron chi connectivity index (χ0n) is 12.1. The van der Waals surface area contributed by atoms with Gasteiger partial charge in [-0.15, -0.1) is 0 Å². The first-order valence-electron chi connectivity index (χ1n) is 6.32. The van der Waals surface area contributed by atoms with Gasteiger partial charge in [-0.1, -0.05) is 0 Å². The fourth-order valence-corrected chi connectivity index (χ4v) is 2.38. The van der Waals surface area contributed by atoms with Crippen molar-refractivity contribution >= 4 is 33.8 Å². The summed E-state index contributed by atoms with van der Waals surface area (Å²) in [7, 11) is 3.70. The summed E-state index contributed by atoms with van der Waals surface area (Å²) in [6.45, 7) is 4.90. The molecule has 6 heteroatoms. The summed E-state index contributed by atoms with van der Waals surface area (Å²) in [5.74, 6) is 0.831. The molecule has 0 aliphatic carbocycles. The Kier molecular flexibility index (Phi) is 5.83. The number of anilines is 1. The maximum absolute atomic E-state index is 12.1. The number of carbonyl (C=O) groups excluding carboxylic acids is 1. The number of halogens is 1. The Hall–Kier alpha value is -1.74. The van der Waals surface area contributed by atoms with Gasteiger partial charge in [-0.2, -0.15) is 5.26 Å². The highest BCUT2D eigenvalue weighted by Crippen LogP contribution is 2.30. The van der Waals surface area contributed by atoms with Gasteiger partial charge in [-0.05, 0) is 29.8 Å². The number of amides is 1. The van der Waals surface area contributed by atoms with Crippen LogP contribution in [0.15, 0.2) is 20.5 Å². The van der Waals surface area contributed by atoms with Gasteiger partial charge in [0.1, 0.15) is 17.4 Å². The predicted octanol–water partition coefficient (Wildman–Crippen LogP) is 2.88. The number of nitriles is 1. The van der Waals surface area contributed by atoms with Gasteiger partial charge in [-0.3, -0.25) is 4.79 Å². The fourth-order valence-electron chi connectivity index (χ4n) is 1.72. The molecule has 0 aliphatic rings. The molecule has 20 heavy (non-hydrogen) atoms. The van der Waals surface area contributed by atoms with Crippen molar-refractivity contribution in [2.45, 2.75) is 13.8 Å². The quantitative estimate of drug-likeness (QED) is 0.611. The van der Waals surface area contributed by atoms with E-state index in [1.807, 2.05) is 34.0 Å². The Morgan fingerprint density at radius 2 is 2.05 bits per heavy atom. The monoisotopic (exact) mass is 339 g/mol. The van der Waals surface area contributed by atoms with E-state index in [0.717, 1.165) is 4.47 Å². The number of hydrogen-bond donors (Lipinski definition) is 0. The van der Waals surface area contributed by atoms with Crippen LogP contribution in [0.3, 0.4) is 0 Å². The number of rotatable bonds is 5. The third kappa shape index (κ3) is 3.64. The summed E-state index contributed by atoms with van der Waals surface area (Å²) in [5.41, 5.74) is 0.0697. The summed E-state index contributed by atoms with van der Waals surface area (Å²) in [5, 5.41) is 9.15. The summed E-state index contributed by atoms with van der Waals surface area (Å²) in [6, 6.07) is 3.68. The van der Waals surface area contributed by atoms with Gasteiger partial charge in [0.25, 0.3) is 5.91 Å². The molecule has 0 spiro atoms. The van der Waals surface area contributed by atoms with E-state index in [0.29, 0.717) is 24.7 Å². The second-order valence-electron chi connectivity index (χ2n) is 4.34. The van der Waals surface area contributed by atoms with E-state index in [1.54, 1.807) is 15.9 Å². The number of hydrogen-bond acceptors (Lipinski definition) is 4. The van der Waals surface area contributed by atoms with Crippen molar-refractivity contribution in [3.8, 4) is 6.07 Å². The SMILES string of the molecule is CCN(CC)C(=O)/C(C#N)=C\c1cc(Br)c(N(C)C)o1. The van der Waals surface area contributed by atoms with E-state index < -0.39 is 0 Å². The van der Waals surface area contributed by atoms with E-state index in [-0.39, 0.29) is 11.5 Å². The molecule has 0 aliphatic heterocycles. The highest BCUT2D eigenvalue weighted by Gasteiger charge is 2.17. The number of likely N-dealkylation sites (N-methyl/N-ethyl adjacent to an activating group) is 1. The smallest absolute Gasteiger partial charge is 0.264 e. The summed E-state index contributed by atoms with van der Waals surface area (Å²) >= 11 is 3.38. The van der Waals surface area contributed by atoms with Crippen LogP contribution >= 0.6 is 15.9 Å². The topological polar surface area (TPSA) is 60.5 Å². The van der Waals surface area contributed by atoms with Crippen LogP contribution in [0.2, 0.25) is 0 Å². The Labute approximate surface area is 127 Å². The van der Waals surface area contributed by atoms with Crippen LogP contribution < -0.4 is 4.90 Å². The summed E-state index contributed by atoms with van der Waals surface area (Å²) in [6.07, 6.45) is 1.47. The largest absolute Gasteiger partial charge is 0.440 e. The molecule has 0 atom stereocenters. The molecular weight excluding hydrogens is 322 g/mol. The molecule has 1 rings (SSSR count). The van der Waals surface area contributed by atoms with Crippen molar-refractivity contribution in [1.29, 1.82) is 5.26 Å². The lowest BCUT2D eigenvalue weighted by Crippen LogP contribution is -2.31. The van der Waals surface area contributed by atoms with Crippen molar-refractivity contribution < 1.29 is 9.21 Å². The first kappa shape index (κ1) is 16.3. The molecule has 0 radical (unpaired) electrons. The third-order valence-electron chi connectivity index (χ3n) is 2.78. The van der Waals surface area contributed by atoms with Gasteiger partial charge in [0.15, 0.2) is 0 Å². The first-order chi connectivity index (χ1) is 9.44. The van der Waals surface area contributed by atoms with Crippen LogP contribution in [0.5, 0.6) is 0 Å². The van der Waals surface area contributed by atoms with Crippen molar-refractivity contribution in [3.63, 3.8) is 0 Å². The van der Waals surface area contributed by atoms with Gasteiger partial charge in [0.05, 0.1) is 4.47 Å². The van der Waals surface area contributed by atoms with Gasteiger partial charge < -0.3 is 14.2 Å². The summed E-state index contributed by atoms with van der Waals surface area (Å²) < 4.78 is 6.37. The molecule has 0 saturated heterocycles. The number of nitrogens with zero attached hydrogens (tertiary/aromatic N) is 3. The van der Waals surface area contributed by atoms with Gasteiger partial charge in [0.2, 0.25) is 5.88 Å². The minimum absolute atomic E-state index is 0.0697. The Bertz CT molecular complexity index is 551. The Morgan fingerprint density at radius 1 is 1.45 bits per heavy atom. The molecule has 5 nitrogen and oxygen atoms in total. The van der Waals surface area contributed by atoms with Crippen LogP contribution in [-0.2, 0) is 4.79 Å². The van der Waals surface area contributed by atoms with Crippen LogP contribution in [0.1, 0.15) is 19.6 Å². The molecule has 0 unspecified atom stereocenters. The molecular formula is C14H18BrN3O2. The zero-order valence-corrected chi connectivity index (χ0v) is 13.7. The third-order valence-corrected chi connectivity index (χ3v) is 3.35.